The Morgan fingerprint density at radius 1 is 1.53 bits per heavy atom. The lowest BCUT2D eigenvalue weighted by Crippen LogP contribution is -2.25. The molecule has 0 aliphatic carbocycles. The molecule has 1 aromatic heterocycles. The van der Waals surface area contributed by atoms with Crippen LogP contribution in [0.1, 0.15) is 36.2 Å². The van der Waals surface area contributed by atoms with Gasteiger partial charge in [-0.3, -0.25) is 9.78 Å². The maximum absolute atomic E-state index is 11.8. The zero-order chi connectivity index (χ0) is 11.3. The van der Waals surface area contributed by atoms with Gasteiger partial charge in [-0.2, -0.15) is 0 Å². The van der Waals surface area contributed by atoms with E-state index in [1.165, 1.54) is 0 Å². The summed E-state index contributed by atoms with van der Waals surface area (Å²) in [6.07, 6.45) is 3.89. The molecule has 0 fully saturated rings. The molecular weight excluding hydrogens is 188 g/mol. The van der Waals surface area contributed by atoms with Crippen LogP contribution in [0.5, 0.6) is 0 Å². The van der Waals surface area contributed by atoms with E-state index < -0.39 is 0 Å². The van der Waals surface area contributed by atoms with Crippen molar-refractivity contribution in [1.29, 1.82) is 0 Å². The van der Waals surface area contributed by atoms with Crippen molar-refractivity contribution in [3.63, 3.8) is 0 Å². The molecule has 1 N–H and O–H groups in total. The van der Waals surface area contributed by atoms with Gasteiger partial charge in [0.15, 0.2) is 5.78 Å². The number of carbonyl (C=O) groups excluding carboxylic acids is 1. The molecule has 0 spiro atoms. The van der Waals surface area contributed by atoms with Crippen molar-refractivity contribution in [1.82, 2.24) is 10.3 Å². The maximum Gasteiger partial charge on any atom is 0.165 e. The highest BCUT2D eigenvalue weighted by molar-refractivity contribution is 5.97. The van der Waals surface area contributed by atoms with Crippen LogP contribution in [0.15, 0.2) is 18.5 Å². The Kier molecular flexibility index (Phi) is 4.43. The van der Waals surface area contributed by atoms with Crippen molar-refractivity contribution < 1.29 is 4.79 Å². The highest BCUT2D eigenvalue weighted by Gasteiger charge is 2.08. The lowest BCUT2D eigenvalue weighted by molar-refractivity contribution is 0.0981. The van der Waals surface area contributed by atoms with Crippen molar-refractivity contribution in [3.05, 3.63) is 29.6 Å². The number of nitrogens with zero attached hydrogens (tertiary/aromatic N) is 1. The number of hydrogen-bond acceptors (Lipinski definition) is 3. The number of Topliss-reactive ketones (excluding diaryl/α,β-unsaturated/α-hetero) is 1. The van der Waals surface area contributed by atoms with Crippen LogP contribution >= 0.6 is 0 Å². The number of pyridine rings is 1. The molecule has 0 aromatic carbocycles. The van der Waals surface area contributed by atoms with Crippen molar-refractivity contribution >= 4 is 5.78 Å². The molecule has 0 amide bonds. The van der Waals surface area contributed by atoms with Gasteiger partial charge >= 0.3 is 0 Å². The molecule has 1 rings (SSSR count). The quantitative estimate of drug-likeness (QED) is 0.749. The van der Waals surface area contributed by atoms with Gasteiger partial charge in [-0.15, -0.1) is 0 Å². The SMILES string of the molecule is Cc1ccncc1C(=O)CCNC(C)C. The van der Waals surface area contributed by atoms with Crippen LogP contribution in [0.2, 0.25) is 0 Å². The van der Waals surface area contributed by atoms with Gasteiger partial charge in [-0.25, -0.2) is 0 Å². The third kappa shape index (κ3) is 3.80. The van der Waals surface area contributed by atoms with Crippen LogP contribution in [0, 0.1) is 6.92 Å². The van der Waals surface area contributed by atoms with E-state index in [0.717, 1.165) is 17.7 Å². The number of ketones is 1. The molecule has 0 saturated heterocycles. The lowest BCUT2D eigenvalue weighted by atomic mass is 10.1. The molecule has 15 heavy (non-hydrogen) atoms. The number of carbonyl (C=O) groups is 1. The first kappa shape index (κ1) is 11.9. The van der Waals surface area contributed by atoms with E-state index in [1.54, 1.807) is 12.4 Å². The number of aryl methyl sites for hydroxylation is 1. The minimum Gasteiger partial charge on any atom is -0.314 e. The van der Waals surface area contributed by atoms with E-state index >= 15 is 0 Å². The van der Waals surface area contributed by atoms with Crippen molar-refractivity contribution in [2.75, 3.05) is 6.54 Å². The van der Waals surface area contributed by atoms with Gasteiger partial charge in [0.25, 0.3) is 0 Å². The minimum atomic E-state index is 0.161. The monoisotopic (exact) mass is 206 g/mol. The molecule has 3 nitrogen and oxygen atoms in total. The predicted molar refractivity (Wildman–Crippen MR) is 61.1 cm³/mol. The number of nitrogens with one attached hydrogen (secondary N) is 1. The van der Waals surface area contributed by atoms with Gasteiger partial charge in [-0.05, 0) is 18.6 Å². The first-order chi connectivity index (χ1) is 7.11. The summed E-state index contributed by atoms with van der Waals surface area (Å²) in [5.74, 6) is 0.161. The summed E-state index contributed by atoms with van der Waals surface area (Å²) >= 11 is 0. The van der Waals surface area contributed by atoms with Gasteiger partial charge in [0.2, 0.25) is 0 Å². The second-order valence-corrected chi connectivity index (χ2v) is 3.97. The van der Waals surface area contributed by atoms with Crippen LogP contribution < -0.4 is 5.32 Å². The second-order valence-electron chi connectivity index (χ2n) is 3.97. The van der Waals surface area contributed by atoms with E-state index in [-0.39, 0.29) is 5.78 Å². The lowest BCUT2D eigenvalue weighted by Gasteiger charge is -2.07. The van der Waals surface area contributed by atoms with Crippen molar-refractivity contribution in [2.45, 2.75) is 33.2 Å². The fourth-order valence-electron chi connectivity index (χ4n) is 1.36. The van der Waals surface area contributed by atoms with E-state index in [9.17, 15) is 4.79 Å². The highest BCUT2D eigenvalue weighted by Crippen LogP contribution is 2.07. The van der Waals surface area contributed by atoms with E-state index in [0.29, 0.717) is 12.5 Å². The molecule has 0 unspecified atom stereocenters. The zero-order valence-electron chi connectivity index (χ0n) is 9.58. The molecule has 1 aromatic rings. The van der Waals surface area contributed by atoms with Gasteiger partial charge in [0.1, 0.15) is 0 Å². The Morgan fingerprint density at radius 3 is 2.87 bits per heavy atom. The molecule has 0 aliphatic heterocycles. The fraction of sp³-hybridized carbons (Fsp3) is 0.500. The third-order valence-electron chi connectivity index (χ3n) is 2.24. The average molecular weight is 206 g/mol. The smallest absolute Gasteiger partial charge is 0.165 e. The van der Waals surface area contributed by atoms with Crippen molar-refractivity contribution in [3.8, 4) is 0 Å². The molecule has 0 atom stereocenters. The number of aromatic nitrogens is 1. The highest BCUT2D eigenvalue weighted by atomic mass is 16.1. The van der Waals surface area contributed by atoms with E-state index in [1.807, 2.05) is 13.0 Å². The summed E-state index contributed by atoms with van der Waals surface area (Å²) < 4.78 is 0. The Balaban J connectivity index is 2.51. The third-order valence-corrected chi connectivity index (χ3v) is 2.24. The fourth-order valence-corrected chi connectivity index (χ4v) is 1.36. The summed E-state index contributed by atoms with van der Waals surface area (Å²) in [7, 11) is 0. The predicted octanol–water partition coefficient (Wildman–Crippen LogP) is 1.96. The normalized spacial score (nSPS) is 10.7. The topological polar surface area (TPSA) is 42.0 Å². The molecule has 3 heteroatoms. The largest absolute Gasteiger partial charge is 0.314 e. The summed E-state index contributed by atoms with van der Waals surface area (Å²) in [5, 5.41) is 3.22. The molecule has 1 heterocycles. The second kappa shape index (κ2) is 5.61. The average Bonchev–Trinajstić information content (AvgIpc) is 2.17. The van der Waals surface area contributed by atoms with E-state index in [4.69, 9.17) is 0 Å². The zero-order valence-corrected chi connectivity index (χ0v) is 9.58. The molecule has 0 bridgehead atoms. The minimum absolute atomic E-state index is 0.161. The summed E-state index contributed by atoms with van der Waals surface area (Å²) in [5.41, 5.74) is 1.74. The molecule has 0 aliphatic rings. The molecule has 0 saturated carbocycles. The van der Waals surface area contributed by atoms with Gasteiger partial charge in [0, 0.05) is 37.0 Å². The standard InChI is InChI=1S/C12H18N2O/c1-9(2)14-7-5-12(15)11-8-13-6-4-10(11)3/h4,6,8-9,14H,5,7H2,1-3H3. The summed E-state index contributed by atoms with van der Waals surface area (Å²) in [6, 6.07) is 2.29. The number of rotatable bonds is 5. The van der Waals surface area contributed by atoms with E-state index in [2.05, 4.69) is 24.1 Å². The Morgan fingerprint density at radius 2 is 2.27 bits per heavy atom. The summed E-state index contributed by atoms with van der Waals surface area (Å²) in [4.78, 5) is 15.7. The van der Waals surface area contributed by atoms with Gasteiger partial charge in [-0.1, -0.05) is 13.8 Å². The van der Waals surface area contributed by atoms with Crippen LogP contribution in [-0.2, 0) is 0 Å². The molecular formula is C12H18N2O. The van der Waals surface area contributed by atoms with Gasteiger partial charge < -0.3 is 5.32 Å². The van der Waals surface area contributed by atoms with Crippen LogP contribution in [0.3, 0.4) is 0 Å². The summed E-state index contributed by atoms with van der Waals surface area (Å²) in [6.45, 7) is 6.80. The Hall–Kier alpha value is -1.22. The Bertz CT molecular complexity index is 334. The van der Waals surface area contributed by atoms with Crippen molar-refractivity contribution in [2.24, 2.45) is 0 Å². The Labute approximate surface area is 90.9 Å². The van der Waals surface area contributed by atoms with Gasteiger partial charge in [0.05, 0.1) is 0 Å². The van der Waals surface area contributed by atoms with Crippen LogP contribution in [-0.4, -0.2) is 23.4 Å². The molecule has 0 radical (unpaired) electrons. The first-order valence-corrected chi connectivity index (χ1v) is 5.28. The van der Waals surface area contributed by atoms with Crippen LogP contribution in [0.4, 0.5) is 0 Å². The van der Waals surface area contributed by atoms with Crippen LogP contribution in [0.25, 0.3) is 0 Å². The number of hydrogen-bond donors (Lipinski definition) is 1. The molecule has 82 valence electrons. The maximum atomic E-state index is 11.8. The first-order valence-electron chi connectivity index (χ1n) is 5.28.